The van der Waals surface area contributed by atoms with Crippen LogP contribution in [-0.2, 0) is 28.6 Å². The van der Waals surface area contributed by atoms with Crippen LogP contribution in [0.1, 0.15) is 6.92 Å². The lowest BCUT2D eigenvalue weighted by atomic mass is 10.5. The molecule has 0 unspecified atom stereocenters. The van der Waals surface area contributed by atoms with E-state index in [2.05, 4.69) is 33.9 Å². The standard InChI is InChI=1S/C11H12O6/c1-5-8(12)15-11(4,16-9(13)6-2)17-10(14)7-3/h5-7H,1-3H2,4H3. The van der Waals surface area contributed by atoms with Crippen LogP contribution in [0.2, 0.25) is 0 Å². The van der Waals surface area contributed by atoms with Crippen LogP contribution in [0.3, 0.4) is 0 Å². The van der Waals surface area contributed by atoms with Crippen molar-refractivity contribution in [1.29, 1.82) is 0 Å². The van der Waals surface area contributed by atoms with Gasteiger partial charge in [-0.1, -0.05) is 19.7 Å². The molecule has 6 heteroatoms. The van der Waals surface area contributed by atoms with Crippen LogP contribution in [0, 0.1) is 0 Å². The monoisotopic (exact) mass is 240 g/mol. The first-order valence-electron chi connectivity index (χ1n) is 4.43. The summed E-state index contributed by atoms with van der Waals surface area (Å²) in [7, 11) is 0. The Balaban J connectivity index is 4.90. The van der Waals surface area contributed by atoms with Gasteiger partial charge in [0.1, 0.15) is 0 Å². The third kappa shape index (κ3) is 5.31. The number of rotatable bonds is 6. The van der Waals surface area contributed by atoms with Gasteiger partial charge in [0.25, 0.3) is 0 Å². The molecule has 0 aliphatic carbocycles. The van der Waals surface area contributed by atoms with E-state index in [0.29, 0.717) is 0 Å². The average molecular weight is 240 g/mol. The number of esters is 3. The Labute approximate surface area is 98.1 Å². The molecule has 0 saturated heterocycles. The Kier molecular flexibility index (Phi) is 5.39. The number of hydrogen-bond donors (Lipinski definition) is 0. The second-order valence-corrected chi connectivity index (χ2v) is 2.74. The van der Waals surface area contributed by atoms with Crippen molar-refractivity contribution in [3.05, 3.63) is 38.0 Å². The predicted octanol–water partition coefficient (Wildman–Crippen LogP) is 0.848. The minimum absolute atomic E-state index is 0.821. The quantitative estimate of drug-likeness (QED) is 0.389. The van der Waals surface area contributed by atoms with Gasteiger partial charge in [0, 0.05) is 18.2 Å². The van der Waals surface area contributed by atoms with Gasteiger partial charge in [0.05, 0.1) is 6.92 Å². The zero-order valence-electron chi connectivity index (χ0n) is 9.30. The van der Waals surface area contributed by atoms with Crippen molar-refractivity contribution in [3.8, 4) is 0 Å². The molecule has 0 heterocycles. The van der Waals surface area contributed by atoms with Crippen molar-refractivity contribution < 1.29 is 28.6 Å². The molecule has 17 heavy (non-hydrogen) atoms. The SMILES string of the molecule is C=CC(=O)OC(C)(OC(=O)C=C)OC(=O)C=C. The third-order valence-corrected chi connectivity index (χ3v) is 1.36. The van der Waals surface area contributed by atoms with E-state index in [1.807, 2.05) is 0 Å². The van der Waals surface area contributed by atoms with Gasteiger partial charge in [0.2, 0.25) is 0 Å². The highest BCUT2D eigenvalue weighted by molar-refractivity contribution is 5.85. The maximum Gasteiger partial charge on any atom is 0.421 e. The highest BCUT2D eigenvalue weighted by atomic mass is 16.9. The van der Waals surface area contributed by atoms with E-state index in [1.54, 1.807) is 0 Å². The molecule has 0 aliphatic rings. The van der Waals surface area contributed by atoms with Crippen molar-refractivity contribution in [3.63, 3.8) is 0 Å². The molecule has 0 amide bonds. The normalized spacial score (nSPS) is 9.71. The lowest BCUT2D eigenvalue weighted by Crippen LogP contribution is -2.40. The third-order valence-electron chi connectivity index (χ3n) is 1.36. The van der Waals surface area contributed by atoms with E-state index in [0.717, 1.165) is 25.2 Å². The Morgan fingerprint density at radius 3 is 1.24 bits per heavy atom. The second-order valence-electron chi connectivity index (χ2n) is 2.74. The first-order valence-corrected chi connectivity index (χ1v) is 4.43. The van der Waals surface area contributed by atoms with Gasteiger partial charge < -0.3 is 14.2 Å². The van der Waals surface area contributed by atoms with E-state index in [4.69, 9.17) is 0 Å². The summed E-state index contributed by atoms with van der Waals surface area (Å²) in [6.07, 6.45) is 2.46. The van der Waals surface area contributed by atoms with Gasteiger partial charge in [-0.05, 0) is 0 Å². The van der Waals surface area contributed by atoms with Gasteiger partial charge in [-0.25, -0.2) is 14.4 Å². The van der Waals surface area contributed by atoms with E-state index < -0.39 is 23.9 Å². The molecule has 0 aromatic rings. The van der Waals surface area contributed by atoms with E-state index in [1.165, 1.54) is 0 Å². The minimum atomic E-state index is -2.19. The highest BCUT2D eigenvalue weighted by Gasteiger charge is 2.36. The number of ether oxygens (including phenoxy) is 3. The van der Waals surface area contributed by atoms with Crippen molar-refractivity contribution in [2.24, 2.45) is 0 Å². The highest BCUT2D eigenvalue weighted by Crippen LogP contribution is 2.16. The Morgan fingerprint density at radius 1 is 0.824 bits per heavy atom. The molecule has 0 fully saturated rings. The van der Waals surface area contributed by atoms with Crippen LogP contribution in [0.4, 0.5) is 0 Å². The lowest BCUT2D eigenvalue weighted by molar-refractivity contribution is -0.314. The molecular weight excluding hydrogens is 228 g/mol. The summed E-state index contributed by atoms with van der Waals surface area (Å²) in [5.74, 6) is -4.98. The molecule has 0 aromatic carbocycles. The van der Waals surface area contributed by atoms with Crippen LogP contribution < -0.4 is 0 Å². The average Bonchev–Trinajstić information content (AvgIpc) is 2.27. The molecular formula is C11H12O6. The zero-order chi connectivity index (χ0) is 13.5. The number of carbonyl (C=O) groups is 3. The lowest BCUT2D eigenvalue weighted by Gasteiger charge is -2.26. The van der Waals surface area contributed by atoms with Crippen LogP contribution in [0.25, 0.3) is 0 Å². The molecule has 0 spiro atoms. The van der Waals surface area contributed by atoms with E-state index in [-0.39, 0.29) is 0 Å². The summed E-state index contributed by atoms with van der Waals surface area (Å²) < 4.78 is 13.8. The largest absolute Gasteiger partial charge is 0.421 e. The molecule has 0 rings (SSSR count). The van der Waals surface area contributed by atoms with Gasteiger partial charge in [0.15, 0.2) is 0 Å². The van der Waals surface area contributed by atoms with Gasteiger partial charge in [-0.15, -0.1) is 0 Å². The van der Waals surface area contributed by atoms with E-state index >= 15 is 0 Å². The maximum atomic E-state index is 11.0. The molecule has 0 N–H and O–H groups in total. The summed E-state index contributed by atoms with van der Waals surface area (Å²) in [6, 6.07) is 0. The maximum absolute atomic E-state index is 11.0. The molecule has 0 aliphatic heterocycles. The van der Waals surface area contributed by atoms with Crippen LogP contribution in [0.15, 0.2) is 38.0 Å². The molecule has 0 atom stereocenters. The molecule has 92 valence electrons. The van der Waals surface area contributed by atoms with Crippen molar-refractivity contribution in [2.45, 2.75) is 12.9 Å². The van der Waals surface area contributed by atoms with Crippen LogP contribution in [-0.4, -0.2) is 23.9 Å². The first-order chi connectivity index (χ1) is 7.86. The van der Waals surface area contributed by atoms with Crippen molar-refractivity contribution >= 4 is 17.9 Å². The Morgan fingerprint density at radius 2 is 1.06 bits per heavy atom. The Bertz CT molecular complexity index is 313. The predicted molar refractivity (Wildman–Crippen MR) is 57.3 cm³/mol. The van der Waals surface area contributed by atoms with Crippen molar-refractivity contribution in [2.75, 3.05) is 0 Å². The number of hydrogen-bond acceptors (Lipinski definition) is 6. The molecule has 0 radical (unpaired) electrons. The molecule has 0 aromatic heterocycles. The second kappa shape index (κ2) is 6.26. The van der Waals surface area contributed by atoms with Gasteiger partial charge in [-0.3, -0.25) is 0 Å². The molecule has 6 nitrogen and oxygen atoms in total. The molecule has 0 bridgehead atoms. The van der Waals surface area contributed by atoms with Gasteiger partial charge >= 0.3 is 23.9 Å². The van der Waals surface area contributed by atoms with Crippen LogP contribution in [0.5, 0.6) is 0 Å². The fraction of sp³-hybridized carbons (Fsp3) is 0.182. The minimum Gasteiger partial charge on any atom is -0.385 e. The molecule has 0 saturated carbocycles. The van der Waals surface area contributed by atoms with Crippen molar-refractivity contribution in [1.82, 2.24) is 0 Å². The summed E-state index contributed by atoms with van der Waals surface area (Å²) in [4.78, 5) is 33.0. The zero-order valence-corrected chi connectivity index (χ0v) is 9.30. The summed E-state index contributed by atoms with van der Waals surface area (Å²) in [6.45, 7) is 10.5. The summed E-state index contributed by atoms with van der Waals surface area (Å²) in [5, 5.41) is 0. The topological polar surface area (TPSA) is 78.9 Å². The fourth-order valence-electron chi connectivity index (χ4n) is 0.736. The number of carbonyl (C=O) groups excluding carboxylic acids is 3. The smallest absolute Gasteiger partial charge is 0.385 e. The van der Waals surface area contributed by atoms with Gasteiger partial charge in [-0.2, -0.15) is 0 Å². The van der Waals surface area contributed by atoms with Crippen LogP contribution >= 0.6 is 0 Å². The first kappa shape index (κ1) is 14.6. The fourth-order valence-corrected chi connectivity index (χ4v) is 0.736. The Hall–Kier alpha value is -2.37. The van der Waals surface area contributed by atoms with E-state index in [9.17, 15) is 14.4 Å². The summed E-state index contributed by atoms with van der Waals surface area (Å²) >= 11 is 0. The summed E-state index contributed by atoms with van der Waals surface area (Å²) in [5.41, 5.74) is 0.